The molecule has 0 fully saturated rings. The van der Waals surface area contributed by atoms with Gasteiger partial charge in [-0.1, -0.05) is 23.7 Å². The first-order chi connectivity index (χ1) is 12.3. The van der Waals surface area contributed by atoms with Gasteiger partial charge in [-0.15, -0.1) is 13.2 Å². The third kappa shape index (κ3) is 4.63. The monoisotopic (exact) mass is 401 g/mol. The van der Waals surface area contributed by atoms with Gasteiger partial charge in [0.2, 0.25) is 0 Å². The number of aromatic nitrogens is 1. The van der Waals surface area contributed by atoms with E-state index in [2.05, 4.69) is 20.0 Å². The Balaban J connectivity index is 1.63. The number of carbonyl (C=O) groups excluding carboxylic acids is 1. The zero-order chi connectivity index (χ0) is 18.7. The number of hydrogen-bond donors (Lipinski definition) is 3. The summed E-state index contributed by atoms with van der Waals surface area (Å²) in [6.07, 6.45) is -4.80. The van der Waals surface area contributed by atoms with E-state index in [1.54, 1.807) is 30.3 Å². The number of hydrogen-bond acceptors (Lipinski definition) is 4. The van der Waals surface area contributed by atoms with Crippen molar-refractivity contribution < 1.29 is 22.7 Å². The lowest BCUT2D eigenvalue weighted by molar-refractivity contribution is -0.275. The second-order valence-corrected chi connectivity index (χ2v) is 6.35. The summed E-state index contributed by atoms with van der Waals surface area (Å²) >= 11 is 6.68. The Hall–Kier alpha value is -2.36. The van der Waals surface area contributed by atoms with Crippen molar-refractivity contribution in [3.8, 4) is 5.75 Å². The molecule has 3 N–H and O–H groups in total. The van der Waals surface area contributed by atoms with E-state index in [1.807, 2.05) is 0 Å². The maximum atomic E-state index is 12.4. The summed E-state index contributed by atoms with van der Waals surface area (Å²) in [6.45, 7) is 0. The largest absolute Gasteiger partial charge is 0.573 e. The van der Waals surface area contributed by atoms with Crippen molar-refractivity contribution >= 4 is 40.4 Å². The number of fused-ring (bicyclic) bond motifs is 1. The minimum Gasteiger partial charge on any atom is -0.405 e. The molecule has 1 heterocycles. The molecule has 0 aliphatic rings. The SMILES string of the molecule is O=C(NNSc1ccccc1OC(F)(F)F)c1cc2cc(Cl)ccc2[nH]1. The van der Waals surface area contributed by atoms with Crippen molar-refractivity contribution in [1.29, 1.82) is 0 Å². The third-order valence-electron chi connectivity index (χ3n) is 3.23. The Morgan fingerprint density at radius 2 is 1.92 bits per heavy atom. The first kappa shape index (κ1) is 18.4. The number of H-pyrrole nitrogens is 1. The summed E-state index contributed by atoms with van der Waals surface area (Å²) in [5.74, 6) is -0.856. The fourth-order valence-electron chi connectivity index (χ4n) is 2.16. The normalized spacial score (nSPS) is 11.5. The van der Waals surface area contributed by atoms with Gasteiger partial charge in [-0.25, -0.2) is 0 Å². The summed E-state index contributed by atoms with van der Waals surface area (Å²) < 4.78 is 41.1. The van der Waals surface area contributed by atoms with Gasteiger partial charge in [0.15, 0.2) is 0 Å². The van der Waals surface area contributed by atoms with Crippen LogP contribution in [0.1, 0.15) is 10.5 Å². The molecule has 0 saturated heterocycles. The van der Waals surface area contributed by atoms with Crippen LogP contribution in [0.2, 0.25) is 5.02 Å². The minimum absolute atomic E-state index is 0.161. The summed E-state index contributed by atoms with van der Waals surface area (Å²) in [4.78, 5) is 17.7. The molecule has 136 valence electrons. The van der Waals surface area contributed by atoms with E-state index >= 15 is 0 Å². The van der Waals surface area contributed by atoms with Crippen molar-refractivity contribution in [1.82, 2.24) is 15.2 Å². The fourth-order valence-corrected chi connectivity index (χ4v) is 2.95. The van der Waals surface area contributed by atoms with E-state index in [-0.39, 0.29) is 16.3 Å². The van der Waals surface area contributed by atoms with Crippen molar-refractivity contribution in [3.05, 3.63) is 59.2 Å². The van der Waals surface area contributed by atoms with Gasteiger partial charge >= 0.3 is 6.36 Å². The topological polar surface area (TPSA) is 66.2 Å². The second kappa shape index (κ2) is 7.48. The maximum Gasteiger partial charge on any atom is 0.573 e. The lowest BCUT2D eigenvalue weighted by Gasteiger charge is -2.13. The molecule has 0 radical (unpaired) electrons. The average molecular weight is 402 g/mol. The minimum atomic E-state index is -4.80. The molecule has 1 aromatic heterocycles. The third-order valence-corrected chi connectivity index (χ3v) is 4.22. The predicted octanol–water partition coefficient (Wildman–Crippen LogP) is 4.66. The lowest BCUT2D eigenvalue weighted by atomic mass is 10.2. The summed E-state index contributed by atoms with van der Waals surface area (Å²) in [5, 5.41) is 1.30. The van der Waals surface area contributed by atoms with Crippen LogP contribution in [0.25, 0.3) is 10.9 Å². The Bertz CT molecular complexity index is 946. The van der Waals surface area contributed by atoms with Gasteiger partial charge in [0.1, 0.15) is 11.4 Å². The first-order valence-electron chi connectivity index (χ1n) is 7.17. The first-order valence-corrected chi connectivity index (χ1v) is 8.36. The molecule has 0 bridgehead atoms. The maximum absolute atomic E-state index is 12.4. The molecule has 0 aliphatic heterocycles. The number of ether oxygens (including phenoxy) is 1. The van der Waals surface area contributed by atoms with E-state index in [1.165, 1.54) is 18.2 Å². The number of amides is 1. The quantitative estimate of drug-likeness (QED) is 0.429. The van der Waals surface area contributed by atoms with Crippen LogP contribution in [0.5, 0.6) is 5.75 Å². The number of alkyl halides is 3. The molecule has 0 atom stereocenters. The highest BCUT2D eigenvalue weighted by Crippen LogP contribution is 2.31. The molecule has 0 saturated carbocycles. The van der Waals surface area contributed by atoms with E-state index in [0.29, 0.717) is 5.02 Å². The zero-order valence-electron chi connectivity index (χ0n) is 12.9. The smallest absolute Gasteiger partial charge is 0.405 e. The molecule has 0 aliphatic carbocycles. The summed E-state index contributed by atoms with van der Waals surface area (Å²) in [7, 11) is 0. The Morgan fingerprint density at radius 1 is 1.15 bits per heavy atom. The standard InChI is InChI=1S/C16H11ClF3N3O2S/c17-10-5-6-11-9(7-10)8-12(21-11)15(24)22-23-26-14-4-2-1-3-13(14)25-16(18,19)20/h1-8,21,23H,(H,22,24). The number of benzene rings is 2. The van der Waals surface area contributed by atoms with E-state index in [9.17, 15) is 18.0 Å². The van der Waals surface area contributed by atoms with Gasteiger partial charge in [-0.05, 0) is 48.3 Å². The van der Waals surface area contributed by atoms with Gasteiger partial charge in [0, 0.05) is 15.9 Å². The lowest BCUT2D eigenvalue weighted by Crippen LogP contribution is -2.32. The molecule has 1 amide bonds. The number of hydrazine groups is 1. The summed E-state index contributed by atoms with van der Waals surface area (Å²) in [6, 6.07) is 12.3. The van der Waals surface area contributed by atoms with Crippen LogP contribution >= 0.6 is 23.5 Å². The van der Waals surface area contributed by atoms with Crippen molar-refractivity contribution in [2.45, 2.75) is 11.3 Å². The average Bonchev–Trinajstić information content (AvgIpc) is 2.98. The highest BCUT2D eigenvalue weighted by molar-refractivity contribution is 7.97. The predicted molar refractivity (Wildman–Crippen MR) is 92.9 cm³/mol. The number of halogens is 4. The van der Waals surface area contributed by atoms with Crippen LogP contribution in [0, 0.1) is 0 Å². The summed E-state index contributed by atoms with van der Waals surface area (Å²) in [5.41, 5.74) is 3.39. The van der Waals surface area contributed by atoms with Gasteiger partial charge in [0.05, 0.1) is 4.90 Å². The molecule has 10 heteroatoms. The number of rotatable bonds is 5. The van der Waals surface area contributed by atoms with E-state index < -0.39 is 12.3 Å². The molecular weight excluding hydrogens is 391 g/mol. The second-order valence-electron chi connectivity index (χ2n) is 5.07. The molecule has 26 heavy (non-hydrogen) atoms. The Kier molecular flexibility index (Phi) is 5.30. The van der Waals surface area contributed by atoms with Gasteiger partial charge in [-0.3, -0.25) is 10.2 Å². The van der Waals surface area contributed by atoms with Crippen LogP contribution in [-0.2, 0) is 0 Å². The van der Waals surface area contributed by atoms with E-state index in [4.69, 9.17) is 11.6 Å². The molecule has 5 nitrogen and oxygen atoms in total. The highest BCUT2D eigenvalue weighted by Gasteiger charge is 2.32. The highest BCUT2D eigenvalue weighted by atomic mass is 35.5. The van der Waals surface area contributed by atoms with Gasteiger partial charge in [0.25, 0.3) is 5.91 Å². The number of nitrogens with one attached hydrogen (secondary N) is 3. The van der Waals surface area contributed by atoms with Crippen molar-refractivity contribution in [2.75, 3.05) is 0 Å². The number of carbonyl (C=O) groups is 1. The van der Waals surface area contributed by atoms with Gasteiger partial charge in [-0.2, -0.15) is 4.83 Å². The molecular formula is C16H11ClF3N3O2S. The molecule has 0 spiro atoms. The molecule has 0 unspecified atom stereocenters. The molecule has 3 rings (SSSR count). The number of aromatic amines is 1. The number of para-hydroxylation sites is 1. The van der Waals surface area contributed by atoms with Crippen LogP contribution in [0.4, 0.5) is 13.2 Å². The molecule has 3 aromatic rings. The van der Waals surface area contributed by atoms with Crippen molar-refractivity contribution in [3.63, 3.8) is 0 Å². The Labute approximate surface area is 155 Å². The fraction of sp³-hybridized carbons (Fsp3) is 0.0625. The van der Waals surface area contributed by atoms with Crippen LogP contribution in [-0.4, -0.2) is 17.3 Å². The zero-order valence-corrected chi connectivity index (χ0v) is 14.4. The van der Waals surface area contributed by atoms with Crippen LogP contribution in [0.15, 0.2) is 53.4 Å². The van der Waals surface area contributed by atoms with Crippen LogP contribution < -0.4 is 15.0 Å². The molecule has 2 aromatic carbocycles. The Morgan fingerprint density at radius 3 is 2.69 bits per heavy atom. The van der Waals surface area contributed by atoms with E-state index in [0.717, 1.165) is 22.9 Å². The van der Waals surface area contributed by atoms with Crippen molar-refractivity contribution in [2.24, 2.45) is 0 Å². The van der Waals surface area contributed by atoms with Gasteiger partial charge < -0.3 is 9.72 Å². The van der Waals surface area contributed by atoms with Crippen LogP contribution in [0.3, 0.4) is 0 Å².